The quantitative estimate of drug-likeness (QED) is 0.762. The van der Waals surface area contributed by atoms with Crippen LogP contribution in [0.15, 0.2) is 22.8 Å². The fourth-order valence-corrected chi connectivity index (χ4v) is 1.71. The van der Waals surface area contributed by atoms with Crippen molar-refractivity contribution in [1.29, 1.82) is 0 Å². The largest absolute Gasteiger partial charge is 0.356 e. The number of nitrogens with zero attached hydrogens (tertiary/aromatic N) is 2. The summed E-state index contributed by atoms with van der Waals surface area (Å²) in [6.45, 7) is 8.95. The van der Waals surface area contributed by atoms with E-state index in [0.717, 1.165) is 10.4 Å². The van der Waals surface area contributed by atoms with Gasteiger partial charge in [-0.15, -0.1) is 0 Å². The SMILES string of the molecule is CC(N(C)c1cccc(Br)n1)C(C)(C)C. The Morgan fingerprint density at radius 1 is 1.33 bits per heavy atom. The van der Waals surface area contributed by atoms with Gasteiger partial charge in [0.2, 0.25) is 0 Å². The van der Waals surface area contributed by atoms with Crippen LogP contribution >= 0.6 is 15.9 Å². The van der Waals surface area contributed by atoms with Crippen LogP contribution in [0.25, 0.3) is 0 Å². The lowest BCUT2D eigenvalue weighted by Gasteiger charge is -2.36. The van der Waals surface area contributed by atoms with E-state index in [1.54, 1.807) is 0 Å². The van der Waals surface area contributed by atoms with Crippen molar-refractivity contribution in [3.05, 3.63) is 22.8 Å². The molecule has 1 aromatic rings. The minimum absolute atomic E-state index is 0.249. The lowest BCUT2D eigenvalue weighted by molar-refractivity contribution is 0.328. The molecule has 1 unspecified atom stereocenters. The molecule has 1 rings (SSSR count). The molecule has 1 atom stereocenters. The van der Waals surface area contributed by atoms with Gasteiger partial charge in [0.05, 0.1) is 0 Å². The molecule has 1 aromatic heterocycles. The molecular weight excluding hydrogens is 252 g/mol. The highest BCUT2D eigenvalue weighted by molar-refractivity contribution is 9.10. The summed E-state index contributed by atoms with van der Waals surface area (Å²) in [6, 6.07) is 6.43. The Hall–Kier alpha value is -0.570. The molecule has 0 aliphatic heterocycles. The lowest BCUT2D eigenvalue weighted by atomic mass is 9.87. The van der Waals surface area contributed by atoms with E-state index in [1.165, 1.54) is 0 Å². The van der Waals surface area contributed by atoms with Gasteiger partial charge in [0.1, 0.15) is 10.4 Å². The van der Waals surface area contributed by atoms with E-state index in [0.29, 0.717) is 6.04 Å². The minimum atomic E-state index is 0.249. The Morgan fingerprint density at radius 2 is 1.93 bits per heavy atom. The number of rotatable bonds is 2. The Bertz CT molecular complexity index is 331. The fraction of sp³-hybridized carbons (Fsp3) is 0.583. The third kappa shape index (κ3) is 3.20. The summed E-state index contributed by atoms with van der Waals surface area (Å²) in [6.07, 6.45) is 0. The zero-order valence-corrected chi connectivity index (χ0v) is 11.7. The van der Waals surface area contributed by atoms with Crippen molar-refractivity contribution in [2.75, 3.05) is 11.9 Å². The monoisotopic (exact) mass is 270 g/mol. The second kappa shape index (κ2) is 4.52. The average molecular weight is 271 g/mol. The van der Waals surface area contributed by atoms with Gasteiger partial charge in [0, 0.05) is 13.1 Å². The molecule has 0 aliphatic rings. The fourth-order valence-electron chi connectivity index (χ4n) is 1.37. The molecule has 3 heteroatoms. The van der Waals surface area contributed by atoms with E-state index in [4.69, 9.17) is 0 Å². The van der Waals surface area contributed by atoms with E-state index in [9.17, 15) is 0 Å². The first kappa shape index (κ1) is 12.5. The molecule has 0 saturated heterocycles. The number of anilines is 1. The molecule has 0 aliphatic carbocycles. The standard InChI is InChI=1S/C12H19BrN2/c1-9(12(2,3)4)15(5)11-8-6-7-10(13)14-11/h6-9H,1-5H3. The Morgan fingerprint density at radius 3 is 2.40 bits per heavy atom. The lowest BCUT2D eigenvalue weighted by Crippen LogP contribution is -2.39. The van der Waals surface area contributed by atoms with Gasteiger partial charge in [-0.3, -0.25) is 0 Å². The summed E-state index contributed by atoms with van der Waals surface area (Å²) < 4.78 is 0.882. The molecule has 2 nitrogen and oxygen atoms in total. The maximum Gasteiger partial charge on any atom is 0.129 e. The van der Waals surface area contributed by atoms with Crippen molar-refractivity contribution in [3.63, 3.8) is 0 Å². The number of halogens is 1. The summed E-state index contributed by atoms with van der Waals surface area (Å²) >= 11 is 3.39. The van der Waals surface area contributed by atoms with Crippen molar-refractivity contribution >= 4 is 21.7 Å². The van der Waals surface area contributed by atoms with Gasteiger partial charge in [0.15, 0.2) is 0 Å². The zero-order chi connectivity index (χ0) is 11.6. The van der Waals surface area contributed by atoms with Gasteiger partial charge in [-0.05, 0) is 40.4 Å². The Balaban J connectivity index is 2.90. The molecule has 1 heterocycles. The Labute approximate surface area is 101 Å². The van der Waals surface area contributed by atoms with Crippen LogP contribution in [0.2, 0.25) is 0 Å². The van der Waals surface area contributed by atoms with Crippen molar-refractivity contribution in [2.45, 2.75) is 33.7 Å². The summed E-state index contributed by atoms with van der Waals surface area (Å²) in [5.74, 6) is 1.01. The average Bonchev–Trinajstić information content (AvgIpc) is 2.14. The topological polar surface area (TPSA) is 16.1 Å². The Kier molecular flexibility index (Phi) is 3.77. The predicted octanol–water partition coefficient (Wildman–Crippen LogP) is 3.71. The summed E-state index contributed by atoms with van der Waals surface area (Å²) in [7, 11) is 2.09. The van der Waals surface area contributed by atoms with Crippen molar-refractivity contribution in [3.8, 4) is 0 Å². The van der Waals surface area contributed by atoms with Crippen LogP contribution in [0.4, 0.5) is 5.82 Å². The normalized spacial score (nSPS) is 13.7. The van der Waals surface area contributed by atoms with Gasteiger partial charge in [-0.25, -0.2) is 4.98 Å². The van der Waals surface area contributed by atoms with Crippen molar-refractivity contribution in [2.24, 2.45) is 5.41 Å². The minimum Gasteiger partial charge on any atom is -0.356 e. The van der Waals surface area contributed by atoms with Gasteiger partial charge < -0.3 is 4.90 Å². The number of pyridine rings is 1. The molecule has 0 saturated carbocycles. The smallest absolute Gasteiger partial charge is 0.129 e. The molecule has 0 radical (unpaired) electrons. The molecule has 0 amide bonds. The summed E-state index contributed by atoms with van der Waals surface area (Å²) in [5.41, 5.74) is 0.249. The molecule has 0 spiro atoms. The molecule has 84 valence electrons. The van der Waals surface area contributed by atoms with E-state index in [-0.39, 0.29) is 5.41 Å². The van der Waals surface area contributed by atoms with Gasteiger partial charge in [-0.2, -0.15) is 0 Å². The zero-order valence-electron chi connectivity index (χ0n) is 10.1. The van der Waals surface area contributed by atoms with Crippen molar-refractivity contribution in [1.82, 2.24) is 4.98 Å². The molecule has 0 aromatic carbocycles. The van der Waals surface area contributed by atoms with Gasteiger partial charge in [0.25, 0.3) is 0 Å². The van der Waals surface area contributed by atoms with Crippen LogP contribution in [-0.4, -0.2) is 18.1 Å². The van der Waals surface area contributed by atoms with Crippen molar-refractivity contribution < 1.29 is 0 Å². The maximum atomic E-state index is 4.45. The third-order valence-corrected chi connectivity index (χ3v) is 3.34. The first-order chi connectivity index (χ1) is 6.82. The van der Waals surface area contributed by atoms with Gasteiger partial charge >= 0.3 is 0 Å². The van der Waals surface area contributed by atoms with E-state index in [2.05, 4.69) is 60.6 Å². The first-order valence-corrected chi connectivity index (χ1v) is 5.97. The second-order valence-electron chi connectivity index (χ2n) is 4.97. The van der Waals surface area contributed by atoms with Crippen LogP contribution in [0.1, 0.15) is 27.7 Å². The molecule has 0 N–H and O–H groups in total. The number of hydrogen-bond donors (Lipinski definition) is 0. The van der Waals surface area contributed by atoms with E-state index < -0.39 is 0 Å². The predicted molar refractivity (Wildman–Crippen MR) is 69.3 cm³/mol. The summed E-state index contributed by atoms with van der Waals surface area (Å²) in [5, 5.41) is 0. The van der Waals surface area contributed by atoms with Crippen LogP contribution in [0.3, 0.4) is 0 Å². The molecule has 15 heavy (non-hydrogen) atoms. The highest BCUT2D eigenvalue weighted by atomic mass is 79.9. The summed E-state index contributed by atoms with van der Waals surface area (Å²) in [4.78, 5) is 6.66. The third-order valence-electron chi connectivity index (χ3n) is 2.90. The highest BCUT2D eigenvalue weighted by Crippen LogP contribution is 2.26. The van der Waals surface area contributed by atoms with Gasteiger partial charge in [-0.1, -0.05) is 26.8 Å². The highest BCUT2D eigenvalue weighted by Gasteiger charge is 2.24. The van der Waals surface area contributed by atoms with E-state index in [1.807, 2.05) is 18.2 Å². The van der Waals surface area contributed by atoms with Crippen LogP contribution in [0.5, 0.6) is 0 Å². The van der Waals surface area contributed by atoms with Crippen LogP contribution in [0, 0.1) is 5.41 Å². The second-order valence-corrected chi connectivity index (χ2v) is 5.78. The van der Waals surface area contributed by atoms with Crippen LogP contribution < -0.4 is 4.90 Å². The maximum absolute atomic E-state index is 4.45. The molecular formula is C12H19BrN2. The first-order valence-electron chi connectivity index (χ1n) is 5.18. The molecule has 0 fully saturated rings. The number of hydrogen-bond acceptors (Lipinski definition) is 2. The molecule has 0 bridgehead atoms. The van der Waals surface area contributed by atoms with E-state index >= 15 is 0 Å². The number of aromatic nitrogens is 1. The van der Waals surface area contributed by atoms with Crippen LogP contribution in [-0.2, 0) is 0 Å².